The molecule has 0 saturated carbocycles. The van der Waals surface area contributed by atoms with Crippen LogP contribution < -0.4 is 5.32 Å². The molecule has 2 rings (SSSR count). The van der Waals surface area contributed by atoms with E-state index < -0.39 is 86.8 Å². The average Bonchev–Trinajstić information content (AvgIpc) is 0.794. The normalized spacial score (nSPS) is 22.6. The summed E-state index contributed by atoms with van der Waals surface area (Å²) in [5, 5.41) is 87.7. The van der Waals surface area contributed by atoms with E-state index in [0.717, 1.165) is 44.9 Å². The Hall–Kier alpha value is -1.79. The van der Waals surface area contributed by atoms with E-state index in [0.29, 0.717) is 6.42 Å². The molecule has 94 heavy (non-hydrogen) atoms. The number of nitrogens with one attached hydrogen (secondary N) is 1. The number of allylic oxidation sites excluding steroid dienone is 5. The smallest absolute Gasteiger partial charge is 0.220 e. The molecule has 12 atom stereocenters. The maximum atomic E-state index is 13.4. The summed E-state index contributed by atoms with van der Waals surface area (Å²) in [6, 6.07) is -0.915. The van der Waals surface area contributed by atoms with Crippen molar-refractivity contribution < 1.29 is 64.6 Å². The third kappa shape index (κ3) is 47.3. The van der Waals surface area contributed by atoms with Crippen molar-refractivity contribution in [1.29, 1.82) is 0 Å². The van der Waals surface area contributed by atoms with Gasteiger partial charge in [0.15, 0.2) is 12.6 Å². The highest BCUT2D eigenvalue weighted by molar-refractivity contribution is 5.76. The quantitative estimate of drug-likeness (QED) is 0.0204. The van der Waals surface area contributed by atoms with Crippen molar-refractivity contribution in [3.63, 3.8) is 0 Å². The van der Waals surface area contributed by atoms with Crippen molar-refractivity contribution in [3.8, 4) is 0 Å². The lowest BCUT2D eigenvalue weighted by Crippen LogP contribution is -2.65. The molecule has 0 bridgehead atoms. The molecule has 2 heterocycles. The number of rotatable bonds is 68. The van der Waals surface area contributed by atoms with E-state index in [1.165, 1.54) is 302 Å². The predicted octanol–water partition coefficient (Wildman–Crippen LogP) is 18.0. The number of carbonyl (C=O) groups is 1. The lowest BCUT2D eigenvalue weighted by atomic mass is 9.97. The summed E-state index contributed by atoms with van der Waals surface area (Å²) in [4.78, 5) is 13.4. The molecule has 1 amide bonds. The van der Waals surface area contributed by atoms with Gasteiger partial charge in [-0.15, -0.1) is 0 Å². The summed E-state index contributed by atoms with van der Waals surface area (Å²) in [7, 11) is 0. The molecule has 14 nitrogen and oxygen atoms in total. The van der Waals surface area contributed by atoms with Crippen LogP contribution in [0.15, 0.2) is 36.5 Å². The Kier molecular flexibility index (Phi) is 60.7. The van der Waals surface area contributed by atoms with Gasteiger partial charge in [0.25, 0.3) is 0 Å². The van der Waals surface area contributed by atoms with Crippen molar-refractivity contribution in [2.24, 2.45) is 0 Å². The lowest BCUT2D eigenvalue weighted by Gasteiger charge is -2.46. The Balaban J connectivity index is 1.61. The maximum absolute atomic E-state index is 13.4. The fraction of sp³-hybridized carbons (Fsp3) is 0.912. The van der Waals surface area contributed by atoms with Gasteiger partial charge < -0.3 is 65.1 Å². The van der Waals surface area contributed by atoms with E-state index in [2.05, 4.69) is 43.5 Å². The van der Waals surface area contributed by atoms with Crippen LogP contribution in [0.2, 0.25) is 0 Å². The number of ether oxygens (including phenoxy) is 4. The average molecular weight is 1340 g/mol. The van der Waals surface area contributed by atoms with Gasteiger partial charge >= 0.3 is 0 Å². The van der Waals surface area contributed by atoms with Gasteiger partial charge in [-0.1, -0.05) is 352 Å². The second-order valence-electron chi connectivity index (χ2n) is 28.5. The Morgan fingerprint density at radius 1 is 0.383 bits per heavy atom. The van der Waals surface area contributed by atoms with Gasteiger partial charge in [-0.3, -0.25) is 4.79 Å². The molecule has 0 aromatic carbocycles. The van der Waals surface area contributed by atoms with Gasteiger partial charge in [-0.25, -0.2) is 0 Å². The van der Waals surface area contributed by atoms with E-state index in [1.807, 2.05) is 6.08 Å². The molecule has 9 N–H and O–H groups in total. The summed E-state index contributed by atoms with van der Waals surface area (Å²) in [6.07, 6.45) is 68.0. The number of hydrogen-bond acceptors (Lipinski definition) is 13. The number of amides is 1. The molecule has 2 fully saturated rings. The molecule has 0 aromatic heterocycles. The van der Waals surface area contributed by atoms with Crippen molar-refractivity contribution >= 4 is 5.91 Å². The van der Waals surface area contributed by atoms with E-state index in [9.17, 15) is 45.6 Å². The molecular weight excluding hydrogens is 1180 g/mol. The van der Waals surface area contributed by atoms with Gasteiger partial charge in [0.1, 0.15) is 48.8 Å². The molecule has 0 aliphatic carbocycles. The summed E-state index contributed by atoms with van der Waals surface area (Å²) >= 11 is 0. The topological polar surface area (TPSA) is 228 Å². The van der Waals surface area contributed by atoms with Crippen LogP contribution >= 0.6 is 0 Å². The molecule has 2 aliphatic rings. The Labute approximate surface area is 576 Å². The van der Waals surface area contributed by atoms with Crippen molar-refractivity contribution in [2.45, 2.75) is 447 Å². The van der Waals surface area contributed by atoms with E-state index >= 15 is 0 Å². The van der Waals surface area contributed by atoms with Crippen molar-refractivity contribution in [1.82, 2.24) is 5.32 Å². The summed E-state index contributed by atoms with van der Waals surface area (Å²) in [6.45, 7) is 2.85. The first kappa shape index (κ1) is 88.3. The van der Waals surface area contributed by atoms with Crippen LogP contribution in [-0.4, -0.2) is 140 Å². The molecule has 12 unspecified atom stereocenters. The summed E-state index contributed by atoms with van der Waals surface area (Å²) in [5.74, 6) is -0.231. The van der Waals surface area contributed by atoms with Gasteiger partial charge in [0, 0.05) is 6.42 Å². The van der Waals surface area contributed by atoms with Gasteiger partial charge in [0.2, 0.25) is 5.91 Å². The highest BCUT2D eigenvalue weighted by atomic mass is 16.7. The molecule has 2 saturated heterocycles. The SMILES string of the molecule is CCCCCCC/C=C\C/C=C\CCCCCCCCCCCCCCCCCCCCCCCC(=O)NC(COC1OC(CO)C(OC2OC(CO)C(O)C(O)C2O)C(O)C1O)C(O)/C=C/CCCCCCCCCCCCCCCCCCCCCCCCCCC. The molecule has 554 valence electrons. The largest absolute Gasteiger partial charge is 0.394 e. The number of aliphatic hydroxyl groups excluding tert-OH is 8. The van der Waals surface area contributed by atoms with Crippen LogP contribution in [-0.2, 0) is 23.7 Å². The van der Waals surface area contributed by atoms with Gasteiger partial charge in [-0.05, 0) is 51.4 Å². The number of carbonyl (C=O) groups excluding carboxylic acids is 1. The zero-order valence-corrected chi connectivity index (χ0v) is 60.7. The van der Waals surface area contributed by atoms with Crippen LogP contribution in [0.1, 0.15) is 373 Å². The Morgan fingerprint density at radius 2 is 0.702 bits per heavy atom. The molecule has 0 radical (unpaired) electrons. The zero-order valence-electron chi connectivity index (χ0n) is 60.7. The third-order valence-corrected chi connectivity index (χ3v) is 19.8. The minimum Gasteiger partial charge on any atom is -0.394 e. The van der Waals surface area contributed by atoms with Crippen LogP contribution in [0.5, 0.6) is 0 Å². The van der Waals surface area contributed by atoms with Crippen LogP contribution in [0.25, 0.3) is 0 Å². The first-order chi connectivity index (χ1) is 46.1. The van der Waals surface area contributed by atoms with E-state index in [1.54, 1.807) is 6.08 Å². The Morgan fingerprint density at radius 3 is 1.06 bits per heavy atom. The van der Waals surface area contributed by atoms with Crippen molar-refractivity contribution in [3.05, 3.63) is 36.5 Å². The van der Waals surface area contributed by atoms with Crippen LogP contribution in [0.4, 0.5) is 0 Å². The molecular formula is C80H151NO13. The van der Waals surface area contributed by atoms with Crippen LogP contribution in [0.3, 0.4) is 0 Å². The first-order valence-electron chi connectivity index (χ1n) is 40.2. The first-order valence-corrected chi connectivity index (χ1v) is 40.2. The fourth-order valence-corrected chi connectivity index (χ4v) is 13.4. The van der Waals surface area contributed by atoms with E-state index in [-0.39, 0.29) is 18.9 Å². The summed E-state index contributed by atoms with van der Waals surface area (Å²) in [5.41, 5.74) is 0. The lowest BCUT2D eigenvalue weighted by molar-refractivity contribution is -0.359. The zero-order chi connectivity index (χ0) is 68.0. The second-order valence-corrected chi connectivity index (χ2v) is 28.5. The number of hydrogen-bond donors (Lipinski definition) is 9. The highest BCUT2D eigenvalue weighted by Crippen LogP contribution is 2.30. The number of unbranched alkanes of at least 4 members (excludes halogenated alkanes) is 51. The summed E-state index contributed by atoms with van der Waals surface area (Å²) < 4.78 is 22.9. The van der Waals surface area contributed by atoms with Gasteiger partial charge in [0.05, 0.1) is 32.0 Å². The minimum absolute atomic E-state index is 0.231. The Bertz CT molecular complexity index is 1720. The van der Waals surface area contributed by atoms with E-state index in [4.69, 9.17) is 18.9 Å². The van der Waals surface area contributed by atoms with Crippen LogP contribution in [0, 0.1) is 0 Å². The third-order valence-electron chi connectivity index (χ3n) is 19.8. The number of aliphatic hydroxyl groups is 8. The fourth-order valence-electron chi connectivity index (χ4n) is 13.4. The van der Waals surface area contributed by atoms with Crippen molar-refractivity contribution in [2.75, 3.05) is 19.8 Å². The molecule has 0 spiro atoms. The predicted molar refractivity (Wildman–Crippen MR) is 388 cm³/mol. The minimum atomic E-state index is -1.79. The highest BCUT2D eigenvalue weighted by Gasteiger charge is 2.51. The monoisotopic (exact) mass is 1330 g/mol. The molecule has 2 aliphatic heterocycles. The standard InChI is InChI=1S/C80H151NO13/c1-3-5-7-9-11-13-15-17-19-21-23-25-27-29-31-32-33-34-35-36-38-40-42-44-46-48-50-52-54-56-58-60-62-64-72(85)81-68(67-91-79-77(90)75(88)78(71(66-83)93-79)94-80-76(89)74(87)73(86)70(65-82)92-80)69(84)63-61-59-57-55-53-51-49-47-45-43-41-39-37-30-28-26-24-22-20-18-16-14-12-10-8-6-4-2/h15,17,21,23,61,63,68-71,73-80,82-84,86-90H,3-14,16,18-20,22,24-60,62,64-67H2,1-2H3,(H,81,85)/b17-15-,23-21-,63-61+. The maximum Gasteiger partial charge on any atom is 0.220 e. The second kappa shape index (κ2) is 64.6. The molecule has 14 heteroatoms. The molecule has 0 aromatic rings. The van der Waals surface area contributed by atoms with Gasteiger partial charge in [-0.2, -0.15) is 0 Å².